The Morgan fingerprint density at radius 1 is 0.830 bits per heavy atom. The Bertz CT molecular complexity index is 1870. The van der Waals surface area contributed by atoms with Crippen molar-refractivity contribution in [2.45, 2.75) is 77.5 Å². The topological polar surface area (TPSA) is 148 Å². The number of likely N-dealkylation sites (tertiary alicyclic amines) is 2. The predicted molar refractivity (Wildman–Crippen MR) is 178 cm³/mol. The fraction of sp³-hybridized carbons (Fsp3) is 0.457. The second kappa shape index (κ2) is 13.4. The first-order valence-electron chi connectivity index (χ1n) is 16.3. The maximum Gasteiger partial charge on any atom is 0.407 e. The molecule has 0 saturated carbocycles. The number of benzene rings is 2. The highest BCUT2D eigenvalue weighted by atomic mass is 16.5. The smallest absolute Gasteiger partial charge is 0.407 e. The molecule has 2 saturated heterocycles. The number of ether oxygens (including phenoxy) is 1. The molecule has 2 aliphatic heterocycles. The highest BCUT2D eigenvalue weighted by Gasteiger charge is 2.37. The number of nitrogens with zero attached hydrogens (tertiary/aromatic N) is 4. The van der Waals surface area contributed by atoms with Crippen LogP contribution in [0.5, 0.6) is 0 Å². The Kier molecular flexibility index (Phi) is 9.07. The van der Waals surface area contributed by atoms with Gasteiger partial charge in [0, 0.05) is 30.3 Å². The Hall–Kier alpha value is -5.05. The van der Waals surface area contributed by atoms with Crippen molar-refractivity contribution < 1.29 is 19.1 Å². The fourth-order valence-electron chi connectivity index (χ4n) is 6.49. The lowest BCUT2D eigenvalue weighted by Gasteiger charge is -2.29. The van der Waals surface area contributed by atoms with E-state index in [1.807, 2.05) is 69.0 Å². The Labute approximate surface area is 274 Å². The number of hydrogen-bond acceptors (Lipinski definition) is 6. The molecule has 0 aliphatic carbocycles. The summed E-state index contributed by atoms with van der Waals surface area (Å²) in [6.45, 7) is 9.03. The zero-order chi connectivity index (χ0) is 33.2. The van der Waals surface area contributed by atoms with Gasteiger partial charge < -0.3 is 35.1 Å². The van der Waals surface area contributed by atoms with Gasteiger partial charge in [0.1, 0.15) is 17.7 Å². The summed E-state index contributed by atoms with van der Waals surface area (Å²) in [5.41, 5.74) is 5.03. The van der Waals surface area contributed by atoms with E-state index in [1.165, 1.54) is 7.11 Å². The number of aromatic nitrogens is 4. The minimum absolute atomic E-state index is 0.0581. The number of hydrogen-bond donors (Lipinski definition) is 4. The van der Waals surface area contributed by atoms with Gasteiger partial charge in [-0.05, 0) is 81.8 Å². The van der Waals surface area contributed by atoms with Crippen LogP contribution in [0, 0.1) is 17.8 Å². The summed E-state index contributed by atoms with van der Waals surface area (Å²) < 4.78 is 4.74. The van der Waals surface area contributed by atoms with Crippen molar-refractivity contribution in [3.63, 3.8) is 0 Å². The van der Waals surface area contributed by atoms with Crippen LogP contribution in [0.1, 0.15) is 88.2 Å². The molecule has 0 unspecified atom stereocenters. The maximum atomic E-state index is 13.5. The standard InChI is InChI=1S/C35H42N8O4/c1-20(2)30(41-35(46)47-5)33(44)42-16-6-8-28(42)31-37-24-14-12-22(18-26(24)39-31)10-11-23-13-15-25-27(19-23)40-32(38-25)29-9-7-17-43(29)34(45)36-21(3)4/h12-15,18-21,28-30H,6-9,16-17H2,1-5H3,(H,36,45)(H,37,39)(H,38,40)(H,41,46)/t28-,29-,30-/m0/s1. The quantitative estimate of drug-likeness (QED) is 0.215. The number of aromatic amines is 2. The third-order valence-electron chi connectivity index (χ3n) is 8.84. The molecule has 2 aliphatic rings. The SMILES string of the molecule is COC(=O)N[C@H](C(=O)N1CCC[C@H]1c1nc2cc(C#Cc3ccc4nc([C@@H]5CCCN5C(=O)NC(C)C)[nH]c4c3)ccc2[nH]1)C(C)C. The van der Waals surface area contributed by atoms with Gasteiger partial charge in [-0.2, -0.15) is 0 Å². The van der Waals surface area contributed by atoms with Crippen LogP contribution in [0.25, 0.3) is 22.1 Å². The molecule has 4 heterocycles. The van der Waals surface area contributed by atoms with Crippen LogP contribution < -0.4 is 10.6 Å². The third-order valence-corrected chi connectivity index (χ3v) is 8.84. The number of carbonyl (C=O) groups excluding carboxylic acids is 3. The van der Waals surface area contributed by atoms with Crippen molar-refractivity contribution in [3.05, 3.63) is 59.2 Å². The van der Waals surface area contributed by atoms with Gasteiger partial charge in [0.05, 0.1) is 41.3 Å². The molecule has 0 spiro atoms. The van der Waals surface area contributed by atoms with Gasteiger partial charge in [-0.1, -0.05) is 25.7 Å². The molecule has 0 radical (unpaired) electrons. The molecular weight excluding hydrogens is 596 g/mol. The van der Waals surface area contributed by atoms with Crippen LogP contribution in [0.15, 0.2) is 36.4 Å². The second-order valence-electron chi connectivity index (χ2n) is 13.0. The van der Waals surface area contributed by atoms with Crippen molar-refractivity contribution in [2.75, 3.05) is 20.2 Å². The lowest BCUT2D eigenvalue weighted by Crippen LogP contribution is -2.51. The van der Waals surface area contributed by atoms with Crippen molar-refractivity contribution in [2.24, 2.45) is 5.92 Å². The minimum atomic E-state index is -0.685. The van der Waals surface area contributed by atoms with E-state index in [2.05, 4.69) is 32.4 Å². The zero-order valence-corrected chi connectivity index (χ0v) is 27.5. The molecule has 2 aromatic carbocycles. The molecule has 12 nitrogen and oxygen atoms in total. The number of alkyl carbamates (subject to hydrolysis) is 1. The lowest BCUT2D eigenvalue weighted by atomic mass is 10.0. The number of nitrogens with one attached hydrogen (secondary N) is 4. The fourth-order valence-corrected chi connectivity index (χ4v) is 6.49. The highest BCUT2D eigenvalue weighted by Crippen LogP contribution is 2.33. The summed E-state index contributed by atoms with van der Waals surface area (Å²) in [4.78, 5) is 58.3. The van der Waals surface area contributed by atoms with Crippen molar-refractivity contribution >= 4 is 40.1 Å². The maximum absolute atomic E-state index is 13.5. The van der Waals surface area contributed by atoms with Gasteiger partial charge in [0.2, 0.25) is 5.91 Å². The number of fused-ring (bicyclic) bond motifs is 2. The summed E-state index contributed by atoms with van der Waals surface area (Å²) in [5, 5.41) is 5.69. The van der Waals surface area contributed by atoms with Crippen LogP contribution in [0.4, 0.5) is 9.59 Å². The number of amides is 4. The molecular formula is C35H42N8O4. The molecule has 3 atom stereocenters. The van der Waals surface area contributed by atoms with E-state index in [9.17, 15) is 14.4 Å². The van der Waals surface area contributed by atoms with Gasteiger partial charge in [-0.25, -0.2) is 19.6 Å². The number of rotatable bonds is 6. The Morgan fingerprint density at radius 3 is 2.13 bits per heavy atom. The molecule has 6 rings (SSSR count). The molecule has 4 N–H and O–H groups in total. The Balaban J connectivity index is 1.18. The van der Waals surface area contributed by atoms with E-state index in [4.69, 9.17) is 14.7 Å². The van der Waals surface area contributed by atoms with E-state index < -0.39 is 12.1 Å². The van der Waals surface area contributed by atoms with Gasteiger partial charge in [-0.15, -0.1) is 0 Å². The number of imidazole rings is 2. The van der Waals surface area contributed by atoms with E-state index in [0.717, 1.165) is 70.5 Å². The summed E-state index contributed by atoms with van der Waals surface area (Å²) in [5.74, 6) is 7.80. The zero-order valence-electron chi connectivity index (χ0n) is 27.5. The molecule has 2 aromatic heterocycles. The minimum Gasteiger partial charge on any atom is -0.453 e. The first-order valence-corrected chi connectivity index (χ1v) is 16.3. The number of carbonyl (C=O) groups is 3. The van der Waals surface area contributed by atoms with E-state index in [0.29, 0.717) is 13.1 Å². The van der Waals surface area contributed by atoms with Crippen LogP contribution in [0.2, 0.25) is 0 Å². The van der Waals surface area contributed by atoms with Gasteiger partial charge in [0.15, 0.2) is 0 Å². The van der Waals surface area contributed by atoms with E-state index in [1.54, 1.807) is 4.90 Å². The van der Waals surface area contributed by atoms with Crippen LogP contribution in [-0.4, -0.2) is 80.1 Å². The second-order valence-corrected chi connectivity index (χ2v) is 13.0. The molecule has 2 fully saturated rings. The molecule has 0 bridgehead atoms. The number of methoxy groups -OCH3 is 1. The highest BCUT2D eigenvalue weighted by molar-refractivity contribution is 5.86. The average Bonchev–Trinajstić information content (AvgIpc) is 3.85. The first-order chi connectivity index (χ1) is 22.6. The van der Waals surface area contributed by atoms with E-state index in [-0.39, 0.29) is 36.0 Å². The molecule has 47 heavy (non-hydrogen) atoms. The number of H-pyrrole nitrogens is 2. The third kappa shape index (κ3) is 6.75. The summed E-state index contributed by atoms with van der Waals surface area (Å²) in [7, 11) is 1.29. The normalized spacial score (nSPS) is 18.5. The molecule has 246 valence electrons. The largest absolute Gasteiger partial charge is 0.453 e. The lowest BCUT2D eigenvalue weighted by molar-refractivity contribution is -0.135. The predicted octanol–water partition coefficient (Wildman–Crippen LogP) is 5.14. The molecule has 4 amide bonds. The Morgan fingerprint density at radius 2 is 1.45 bits per heavy atom. The summed E-state index contributed by atoms with van der Waals surface area (Å²) >= 11 is 0. The van der Waals surface area contributed by atoms with Gasteiger partial charge in [0.25, 0.3) is 0 Å². The summed E-state index contributed by atoms with van der Waals surface area (Å²) in [6.07, 6.45) is 2.82. The van der Waals surface area contributed by atoms with Crippen LogP contribution in [-0.2, 0) is 9.53 Å². The van der Waals surface area contributed by atoms with Gasteiger partial charge in [-0.3, -0.25) is 4.79 Å². The summed E-state index contributed by atoms with van der Waals surface area (Å²) in [6, 6.07) is 10.8. The van der Waals surface area contributed by atoms with Crippen LogP contribution >= 0.6 is 0 Å². The van der Waals surface area contributed by atoms with Crippen molar-refractivity contribution in [1.82, 2.24) is 40.4 Å². The monoisotopic (exact) mass is 638 g/mol. The van der Waals surface area contributed by atoms with Gasteiger partial charge >= 0.3 is 12.1 Å². The van der Waals surface area contributed by atoms with E-state index >= 15 is 0 Å². The van der Waals surface area contributed by atoms with Crippen LogP contribution in [0.3, 0.4) is 0 Å². The average molecular weight is 639 g/mol. The molecule has 4 aromatic rings. The van der Waals surface area contributed by atoms with Crippen molar-refractivity contribution in [3.8, 4) is 11.8 Å². The molecule has 12 heteroatoms. The number of urea groups is 1. The first kappa shape index (κ1) is 31.9. The van der Waals surface area contributed by atoms with Crippen molar-refractivity contribution in [1.29, 1.82) is 0 Å².